The van der Waals surface area contributed by atoms with E-state index < -0.39 is 0 Å². The summed E-state index contributed by atoms with van der Waals surface area (Å²) in [5.74, 6) is -0.101. The van der Waals surface area contributed by atoms with E-state index in [1.165, 1.54) is 6.07 Å². The third-order valence-electron chi connectivity index (χ3n) is 3.33. The molecule has 1 N–H and O–H groups in total. The quantitative estimate of drug-likeness (QED) is 0.709. The van der Waals surface area contributed by atoms with Gasteiger partial charge in [0.1, 0.15) is 12.9 Å². The van der Waals surface area contributed by atoms with Gasteiger partial charge < -0.3 is 10.1 Å². The molecule has 3 rings (SSSR count). The molecular weight excluding hydrogens is 297 g/mol. The molecule has 2 aromatic carbocycles. The number of halogens is 1. The van der Waals surface area contributed by atoms with Crippen molar-refractivity contribution in [3.63, 3.8) is 0 Å². The monoisotopic (exact) mass is 313 g/mol. The summed E-state index contributed by atoms with van der Waals surface area (Å²) in [5, 5.41) is 14.4. The Morgan fingerprint density at radius 3 is 2.87 bits per heavy atom. The van der Waals surface area contributed by atoms with Gasteiger partial charge in [-0.1, -0.05) is 18.2 Å². The summed E-state index contributed by atoms with van der Waals surface area (Å²) in [5.41, 5.74) is 2.87. The molecule has 0 aliphatic carbocycles. The highest BCUT2D eigenvalue weighted by Gasteiger charge is 2.05. The molecule has 0 aliphatic heterocycles. The van der Waals surface area contributed by atoms with Crippen molar-refractivity contribution in [1.29, 1.82) is 0 Å². The number of aromatic nitrogens is 4. The second kappa shape index (κ2) is 6.87. The lowest BCUT2D eigenvalue weighted by atomic mass is 10.2. The minimum atomic E-state index is -0.358. The molecule has 0 unspecified atom stereocenters. The van der Waals surface area contributed by atoms with Crippen LogP contribution in [0.15, 0.2) is 48.8 Å². The number of tetrazole rings is 1. The van der Waals surface area contributed by atoms with E-state index in [9.17, 15) is 4.39 Å². The smallest absolute Gasteiger partial charge is 0.165 e. The van der Waals surface area contributed by atoms with E-state index in [0.717, 1.165) is 16.9 Å². The van der Waals surface area contributed by atoms with Crippen molar-refractivity contribution in [2.75, 3.05) is 18.5 Å². The van der Waals surface area contributed by atoms with Crippen LogP contribution >= 0.6 is 0 Å². The van der Waals surface area contributed by atoms with Gasteiger partial charge in [-0.3, -0.25) is 0 Å². The molecule has 0 amide bonds. The number of ether oxygens (including phenoxy) is 1. The van der Waals surface area contributed by atoms with Crippen molar-refractivity contribution in [2.45, 2.75) is 6.92 Å². The first-order valence-corrected chi connectivity index (χ1v) is 7.19. The summed E-state index contributed by atoms with van der Waals surface area (Å²) < 4.78 is 20.4. The molecule has 0 aliphatic rings. The molecule has 0 radical (unpaired) electrons. The van der Waals surface area contributed by atoms with Gasteiger partial charge >= 0.3 is 0 Å². The van der Waals surface area contributed by atoms with Crippen LogP contribution in [0, 0.1) is 12.7 Å². The first-order valence-electron chi connectivity index (χ1n) is 7.19. The van der Waals surface area contributed by atoms with Crippen LogP contribution in [0.5, 0.6) is 5.75 Å². The topological polar surface area (TPSA) is 64.9 Å². The highest BCUT2D eigenvalue weighted by Crippen LogP contribution is 2.18. The van der Waals surface area contributed by atoms with Crippen LogP contribution in [0.1, 0.15) is 5.56 Å². The zero-order valence-corrected chi connectivity index (χ0v) is 12.6. The van der Waals surface area contributed by atoms with Crippen molar-refractivity contribution in [3.8, 4) is 11.4 Å². The third-order valence-corrected chi connectivity index (χ3v) is 3.33. The Labute approximate surface area is 132 Å². The van der Waals surface area contributed by atoms with Crippen LogP contribution in [0.2, 0.25) is 0 Å². The molecule has 0 atom stereocenters. The molecule has 3 aromatic rings. The number of nitrogens with zero attached hydrogens (tertiary/aromatic N) is 4. The number of para-hydroxylation sites is 1. The summed E-state index contributed by atoms with van der Waals surface area (Å²) >= 11 is 0. The lowest BCUT2D eigenvalue weighted by molar-refractivity contribution is 0.315. The van der Waals surface area contributed by atoms with Crippen molar-refractivity contribution >= 4 is 5.69 Å². The molecule has 6 nitrogen and oxygen atoms in total. The van der Waals surface area contributed by atoms with Gasteiger partial charge in [-0.25, -0.2) is 9.07 Å². The minimum absolute atomic E-state index is 0.257. The average Bonchev–Trinajstić information content (AvgIpc) is 3.09. The Balaban J connectivity index is 1.59. The number of nitrogens with one attached hydrogen (secondary N) is 1. The molecule has 7 heteroatoms. The van der Waals surface area contributed by atoms with Gasteiger partial charge in [0.15, 0.2) is 11.6 Å². The van der Waals surface area contributed by atoms with Gasteiger partial charge in [0, 0.05) is 12.2 Å². The molecule has 1 aromatic heterocycles. The number of hydrogen-bond acceptors (Lipinski definition) is 5. The summed E-state index contributed by atoms with van der Waals surface area (Å²) in [6, 6.07) is 12.3. The fourth-order valence-corrected chi connectivity index (χ4v) is 2.16. The van der Waals surface area contributed by atoms with Crippen LogP contribution < -0.4 is 10.1 Å². The van der Waals surface area contributed by atoms with Gasteiger partial charge in [-0.2, -0.15) is 0 Å². The zero-order valence-electron chi connectivity index (χ0n) is 12.6. The molecule has 118 valence electrons. The lowest BCUT2D eigenvalue weighted by Gasteiger charge is -2.11. The SMILES string of the molecule is Cc1ccc(NCCOc2ccccc2F)cc1-n1cnnn1. The second-order valence-electron chi connectivity index (χ2n) is 4.96. The molecule has 23 heavy (non-hydrogen) atoms. The fourth-order valence-electron chi connectivity index (χ4n) is 2.16. The Kier molecular flexibility index (Phi) is 4.46. The lowest BCUT2D eigenvalue weighted by Crippen LogP contribution is -2.12. The zero-order chi connectivity index (χ0) is 16.1. The highest BCUT2D eigenvalue weighted by molar-refractivity contribution is 5.54. The first-order chi connectivity index (χ1) is 11.2. The molecular formula is C16H16FN5O. The largest absolute Gasteiger partial charge is 0.489 e. The van der Waals surface area contributed by atoms with Crippen molar-refractivity contribution < 1.29 is 9.13 Å². The normalized spacial score (nSPS) is 10.5. The number of aryl methyl sites for hydroxylation is 1. The Morgan fingerprint density at radius 2 is 2.09 bits per heavy atom. The van der Waals surface area contributed by atoms with E-state index in [4.69, 9.17) is 4.74 Å². The number of hydrogen-bond donors (Lipinski definition) is 1. The van der Waals surface area contributed by atoms with Gasteiger partial charge in [0.05, 0.1) is 5.69 Å². The summed E-state index contributed by atoms with van der Waals surface area (Å²) in [6.07, 6.45) is 1.55. The number of rotatable bonds is 6. The van der Waals surface area contributed by atoms with E-state index >= 15 is 0 Å². The van der Waals surface area contributed by atoms with Crippen LogP contribution in [-0.4, -0.2) is 33.4 Å². The Morgan fingerprint density at radius 1 is 1.22 bits per heavy atom. The Hall–Kier alpha value is -2.96. The maximum atomic E-state index is 13.4. The van der Waals surface area contributed by atoms with E-state index in [-0.39, 0.29) is 11.6 Å². The first kappa shape index (κ1) is 15.0. The van der Waals surface area contributed by atoms with E-state index in [1.807, 2.05) is 25.1 Å². The molecule has 0 spiro atoms. The van der Waals surface area contributed by atoms with E-state index in [2.05, 4.69) is 20.8 Å². The summed E-state index contributed by atoms with van der Waals surface area (Å²) in [6.45, 7) is 2.89. The van der Waals surface area contributed by atoms with Crippen LogP contribution in [0.3, 0.4) is 0 Å². The van der Waals surface area contributed by atoms with Gasteiger partial charge in [-0.15, -0.1) is 5.10 Å². The predicted molar refractivity (Wildman–Crippen MR) is 84.3 cm³/mol. The average molecular weight is 313 g/mol. The second-order valence-corrected chi connectivity index (χ2v) is 4.96. The maximum absolute atomic E-state index is 13.4. The van der Waals surface area contributed by atoms with Crippen LogP contribution in [0.25, 0.3) is 5.69 Å². The van der Waals surface area contributed by atoms with Crippen molar-refractivity contribution in [1.82, 2.24) is 20.2 Å². The summed E-state index contributed by atoms with van der Waals surface area (Å²) in [7, 11) is 0. The molecule has 0 saturated heterocycles. The van der Waals surface area contributed by atoms with E-state index in [1.54, 1.807) is 29.2 Å². The fraction of sp³-hybridized carbons (Fsp3) is 0.188. The number of anilines is 1. The van der Waals surface area contributed by atoms with E-state index in [0.29, 0.717) is 13.2 Å². The highest BCUT2D eigenvalue weighted by atomic mass is 19.1. The Bertz CT molecular complexity index is 776. The van der Waals surface area contributed by atoms with Gasteiger partial charge in [0.25, 0.3) is 0 Å². The predicted octanol–water partition coefficient (Wildman–Crippen LogP) is 2.60. The summed E-state index contributed by atoms with van der Waals surface area (Å²) in [4.78, 5) is 0. The van der Waals surface area contributed by atoms with Crippen molar-refractivity contribution in [2.24, 2.45) is 0 Å². The standard InChI is InChI=1S/C16H16FN5O/c1-12-6-7-13(10-15(12)22-11-19-20-21-22)18-8-9-23-16-5-3-2-4-14(16)17/h2-7,10-11,18H,8-9H2,1H3. The molecule has 0 bridgehead atoms. The number of benzene rings is 2. The third kappa shape index (κ3) is 3.63. The van der Waals surface area contributed by atoms with Crippen LogP contribution in [0.4, 0.5) is 10.1 Å². The van der Waals surface area contributed by atoms with Crippen LogP contribution in [-0.2, 0) is 0 Å². The molecule has 1 heterocycles. The minimum Gasteiger partial charge on any atom is -0.489 e. The van der Waals surface area contributed by atoms with Gasteiger partial charge in [0.2, 0.25) is 0 Å². The molecule has 0 fully saturated rings. The van der Waals surface area contributed by atoms with Gasteiger partial charge in [-0.05, 0) is 47.2 Å². The maximum Gasteiger partial charge on any atom is 0.165 e. The molecule has 0 saturated carbocycles. The van der Waals surface area contributed by atoms with Crippen molar-refractivity contribution in [3.05, 3.63) is 60.2 Å².